The summed E-state index contributed by atoms with van der Waals surface area (Å²) in [5.41, 5.74) is -1.25. The Morgan fingerprint density at radius 1 is 1.26 bits per heavy atom. The standard InChI is InChI=1S/C22H23BrF3N3O2/c1-20(2,17-9-15(23)7-13-4-6-31-19(13)17)12-21(30,22(24,25)26)28-11-16-8-14-10-27-5-3-18(14)29-16/h3,5,7-10,28-30H,4,6,11-12H2,1-2H3. The van der Waals surface area contributed by atoms with Gasteiger partial charge in [-0.3, -0.25) is 10.3 Å². The number of aliphatic hydroxyl groups is 1. The number of aromatic nitrogens is 2. The number of hydrogen-bond acceptors (Lipinski definition) is 4. The van der Waals surface area contributed by atoms with Crippen molar-refractivity contribution in [2.75, 3.05) is 6.61 Å². The monoisotopic (exact) mass is 497 g/mol. The van der Waals surface area contributed by atoms with E-state index in [2.05, 4.69) is 31.2 Å². The van der Waals surface area contributed by atoms with E-state index in [1.165, 1.54) is 0 Å². The Kier molecular flexibility index (Phi) is 5.56. The average molecular weight is 498 g/mol. The van der Waals surface area contributed by atoms with Crippen LogP contribution in [0, 0.1) is 0 Å². The fraction of sp³-hybridized carbons (Fsp3) is 0.409. The van der Waals surface area contributed by atoms with Crippen LogP contribution in [0.15, 0.2) is 41.1 Å². The molecule has 0 saturated carbocycles. The third-order valence-corrected chi connectivity index (χ3v) is 6.15. The fourth-order valence-corrected chi connectivity index (χ4v) is 4.64. The van der Waals surface area contributed by atoms with E-state index in [9.17, 15) is 18.3 Å². The smallest absolute Gasteiger partial charge is 0.431 e. The van der Waals surface area contributed by atoms with Crippen molar-refractivity contribution in [1.82, 2.24) is 15.3 Å². The molecule has 1 atom stereocenters. The van der Waals surface area contributed by atoms with Crippen molar-refractivity contribution < 1.29 is 23.0 Å². The van der Waals surface area contributed by atoms with Crippen LogP contribution in [0.2, 0.25) is 0 Å². The Morgan fingerprint density at radius 3 is 2.74 bits per heavy atom. The highest BCUT2D eigenvalue weighted by Crippen LogP contribution is 2.45. The lowest BCUT2D eigenvalue weighted by Gasteiger charge is -2.39. The van der Waals surface area contributed by atoms with E-state index in [0.29, 0.717) is 30.0 Å². The Morgan fingerprint density at radius 2 is 2.03 bits per heavy atom. The van der Waals surface area contributed by atoms with E-state index in [1.54, 1.807) is 44.4 Å². The summed E-state index contributed by atoms with van der Waals surface area (Å²) < 4.78 is 48.6. The molecule has 1 aromatic carbocycles. The number of rotatable bonds is 6. The minimum atomic E-state index is -4.88. The molecule has 9 heteroatoms. The van der Waals surface area contributed by atoms with Gasteiger partial charge in [0.1, 0.15) is 5.75 Å². The molecule has 1 aliphatic rings. The molecule has 0 aliphatic carbocycles. The number of pyridine rings is 1. The van der Waals surface area contributed by atoms with Crippen LogP contribution >= 0.6 is 15.9 Å². The summed E-state index contributed by atoms with van der Waals surface area (Å²) in [6.07, 6.45) is -1.54. The van der Waals surface area contributed by atoms with Gasteiger partial charge in [0.2, 0.25) is 5.72 Å². The molecule has 3 N–H and O–H groups in total. The van der Waals surface area contributed by atoms with Gasteiger partial charge in [-0.1, -0.05) is 29.8 Å². The first-order valence-corrected chi connectivity index (χ1v) is 10.7. The first-order valence-electron chi connectivity index (χ1n) is 9.90. The fourth-order valence-electron chi connectivity index (χ4n) is 4.14. The summed E-state index contributed by atoms with van der Waals surface area (Å²) in [6.45, 7) is 3.67. The van der Waals surface area contributed by atoms with Gasteiger partial charge < -0.3 is 14.8 Å². The van der Waals surface area contributed by atoms with Crippen LogP contribution in [-0.2, 0) is 18.4 Å². The second-order valence-electron chi connectivity index (χ2n) is 8.57. The number of halogens is 4. The second kappa shape index (κ2) is 7.79. The molecule has 4 rings (SSSR count). The minimum absolute atomic E-state index is 0.187. The van der Waals surface area contributed by atoms with Crippen molar-refractivity contribution in [2.45, 2.75) is 50.6 Å². The molecule has 1 unspecified atom stereocenters. The number of benzene rings is 1. The zero-order chi connectivity index (χ0) is 22.4. The van der Waals surface area contributed by atoms with Gasteiger partial charge in [-0.15, -0.1) is 0 Å². The van der Waals surface area contributed by atoms with E-state index >= 15 is 0 Å². The van der Waals surface area contributed by atoms with Crippen LogP contribution in [0.3, 0.4) is 0 Å². The van der Waals surface area contributed by atoms with Gasteiger partial charge in [0.05, 0.1) is 6.61 Å². The summed E-state index contributed by atoms with van der Waals surface area (Å²) in [4.78, 5) is 7.05. The third-order valence-electron chi connectivity index (χ3n) is 5.69. The van der Waals surface area contributed by atoms with Gasteiger partial charge in [-0.2, -0.15) is 13.2 Å². The maximum atomic E-state index is 14.0. The van der Waals surface area contributed by atoms with Gasteiger partial charge in [0, 0.05) is 58.4 Å². The maximum absolute atomic E-state index is 14.0. The van der Waals surface area contributed by atoms with Crippen molar-refractivity contribution >= 4 is 26.8 Å². The molecule has 0 bridgehead atoms. The first-order chi connectivity index (χ1) is 14.5. The number of hydrogen-bond donors (Lipinski definition) is 3. The molecule has 31 heavy (non-hydrogen) atoms. The van der Waals surface area contributed by atoms with Crippen LogP contribution in [0.5, 0.6) is 5.75 Å². The molecule has 0 saturated heterocycles. The highest BCUT2D eigenvalue weighted by molar-refractivity contribution is 9.10. The van der Waals surface area contributed by atoms with E-state index in [1.807, 2.05) is 6.07 Å². The summed E-state index contributed by atoms with van der Waals surface area (Å²) in [6, 6.07) is 7.14. The quantitative estimate of drug-likeness (QED) is 0.420. The Hall–Kier alpha value is -2.10. The highest BCUT2D eigenvalue weighted by atomic mass is 79.9. The zero-order valence-electron chi connectivity index (χ0n) is 17.1. The highest BCUT2D eigenvalue weighted by Gasteiger charge is 2.56. The van der Waals surface area contributed by atoms with Gasteiger partial charge >= 0.3 is 6.18 Å². The van der Waals surface area contributed by atoms with Crippen molar-refractivity contribution in [1.29, 1.82) is 0 Å². The summed E-state index contributed by atoms with van der Waals surface area (Å²) in [7, 11) is 0. The molecule has 3 heterocycles. The molecule has 0 radical (unpaired) electrons. The van der Waals surface area contributed by atoms with Crippen LogP contribution in [0.4, 0.5) is 13.2 Å². The van der Waals surface area contributed by atoms with E-state index in [4.69, 9.17) is 4.74 Å². The zero-order valence-corrected chi connectivity index (χ0v) is 18.7. The average Bonchev–Trinajstić information content (AvgIpc) is 3.30. The van der Waals surface area contributed by atoms with Gasteiger partial charge in [-0.05, 0) is 35.2 Å². The molecule has 0 amide bonds. The lowest BCUT2D eigenvalue weighted by Crippen LogP contribution is -2.59. The van der Waals surface area contributed by atoms with Crippen molar-refractivity contribution in [2.24, 2.45) is 0 Å². The summed E-state index contributed by atoms with van der Waals surface area (Å²) in [5.74, 6) is 0.612. The molecule has 0 spiro atoms. The largest absolute Gasteiger partial charge is 0.493 e. The Bertz CT molecular complexity index is 1080. The molecule has 2 aromatic heterocycles. The Balaban J connectivity index is 1.61. The number of fused-ring (bicyclic) bond motifs is 2. The van der Waals surface area contributed by atoms with E-state index < -0.39 is 23.7 Å². The van der Waals surface area contributed by atoms with Crippen LogP contribution < -0.4 is 10.1 Å². The topological polar surface area (TPSA) is 70.2 Å². The van der Waals surface area contributed by atoms with E-state index in [0.717, 1.165) is 20.9 Å². The predicted octanol–water partition coefficient (Wildman–Crippen LogP) is 4.97. The SMILES string of the molecule is CC(C)(CC(O)(NCc1cc2cnccc2[nH]1)C(F)(F)F)c1cc(Br)cc2c1OCC2. The molecule has 0 fully saturated rings. The van der Waals surface area contributed by atoms with Gasteiger partial charge in [0.25, 0.3) is 0 Å². The molecule has 1 aliphatic heterocycles. The first kappa shape index (κ1) is 22.1. The van der Waals surface area contributed by atoms with Crippen molar-refractivity contribution in [3.05, 3.63) is 58.0 Å². The Labute approximate surface area is 186 Å². The second-order valence-corrected chi connectivity index (χ2v) is 9.49. The van der Waals surface area contributed by atoms with Crippen molar-refractivity contribution in [3.63, 3.8) is 0 Å². The van der Waals surface area contributed by atoms with Gasteiger partial charge in [0.15, 0.2) is 0 Å². The van der Waals surface area contributed by atoms with E-state index in [-0.39, 0.29) is 6.54 Å². The van der Waals surface area contributed by atoms with Crippen LogP contribution in [0.25, 0.3) is 10.9 Å². The lowest BCUT2D eigenvalue weighted by atomic mass is 9.76. The van der Waals surface area contributed by atoms with Crippen molar-refractivity contribution in [3.8, 4) is 5.75 Å². The number of alkyl halides is 3. The van der Waals surface area contributed by atoms with Crippen LogP contribution in [0.1, 0.15) is 37.1 Å². The summed E-state index contributed by atoms with van der Waals surface area (Å²) in [5, 5.41) is 13.9. The molecular weight excluding hydrogens is 475 g/mol. The number of nitrogens with one attached hydrogen (secondary N) is 2. The molecule has 166 valence electrons. The lowest BCUT2D eigenvalue weighted by molar-refractivity contribution is -0.280. The molecular formula is C22H23BrF3N3O2. The predicted molar refractivity (Wildman–Crippen MR) is 115 cm³/mol. The number of nitrogens with zero attached hydrogens (tertiary/aromatic N) is 1. The normalized spacial score (nSPS) is 16.2. The molecule has 5 nitrogen and oxygen atoms in total. The minimum Gasteiger partial charge on any atom is -0.493 e. The number of H-pyrrole nitrogens is 1. The number of aromatic amines is 1. The summed E-state index contributed by atoms with van der Waals surface area (Å²) >= 11 is 3.44. The maximum Gasteiger partial charge on any atom is 0.431 e. The molecule has 3 aromatic rings. The van der Waals surface area contributed by atoms with Crippen LogP contribution in [-0.4, -0.2) is 33.6 Å². The van der Waals surface area contributed by atoms with Gasteiger partial charge in [-0.25, -0.2) is 0 Å². The third kappa shape index (κ3) is 4.31. The number of ether oxygens (including phenoxy) is 1.